The number of ketones is 1. The first-order valence-corrected chi connectivity index (χ1v) is 5.23. The highest BCUT2D eigenvalue weighted by atomic mass is 79.9. The molecule has 0 radical (unpaired) electrons. The zero-order chi connectivity index (χ0) is 10.7. The molecule has 0 N–H and O–H groups in total. The minimum absolute atomic E-state index is 0.0288. The highest BCUT2D eigenvalue weighted by Gasteiger charge is 2.16. The number of rotatable bonds is 3. The molecule has 76 valence electrons. The van der Waals surface area contributed by atoms with Crippen molar-refractivity contribution in [3.63, 3.8) is 0 Å². The number of halogens is 3. The molecule has 0 amide bonds. The maximum absolute atomic E-state index is 13.3. The normalized spacial score (nSPS) is 10.0. The van der Waals surface area contributed by atoms with E-state index in [1.54, 1.807) is 0 Å². The Labute approximate surface area is 94.1 Å². The fourth-order valence-corrected chi connectivity index (χ4v) is 1.54. The van der Waals surface area contributed by atoms with Gasteiger partial charge in [0.15, 0.2) is 17.3 Å². The van der Waals surface area contributed by atoms with Crippen molar-refractivity contribution in [3.05, 3.63) is 28.5 Å². The van der Waals surface area contributed by atoms with Crippen molar-refractivity contribution in [2.75, 3.05) is 12.4 Å². The minimum Gasteiger partial charge on any atom is -0.494 e. The van der Waals surface area contributed by atoms with Crippen molar-refractivity contribution in [2.24, 2.45) is 0 Å². The SMILES string of the molecule is COc1ccc(C(=O)CBr)c(Cl)c1F. The summed E-state index contributed by atoms with van der Waals surface area (Å²) >= 11 is 8.64. The van der Waals surface area contributed by atoms with E-state index in [0.717, 1.165) is 0 Å². The second-order valence-corrected chi connectivity index (χ2v) is 3.44. The van der Waals surface area contributed by atoms with Crippen LogP contribution in [0.2, 0.25) is 5.02 Å². The lowest BCUT2D eigenvalue weighted by molar-refractivity contribution is 0.102. The number of carbonyl (C=O) groups excluding carboxylic acids is 1. The van der Waals surface area contributed by atoms with E-state index < -0.39 is 5.82 Å². The fraction of sp³-hybridized carbons (Fsp3) is 0.222. The van der Waals surface area contributed by atoms with Gasteiger partial charge in [-0.3, -0.25) is 4.79 Å². The van der Waals surface area contributed by atoms with Gasteiger partial charge in [-0.25, -0.2) is 4.39 Å². The minimum atomic E-state index is -0.707. The van der Waals surface area contributed by atoms with Crippen molar-refractivity contribution in [2.45, 2.75) is 0 Å². The molecule has 0 heterocycles. The van der Waals surface area contributed by atoms with Crippen LogP contribution in [0.4, 0.5) is 4.39 Å². The van der Waals surface area contributed by atoms with Crippen LogP contribution in [0.3, 0.4) is 0 Å². The summed E-state index contributed by atoms with van der Waals surface area (Å²) in [6, 6.07) is 2.81. The Morgan fingerprint density at radius 3 is 2.79 bits per heavy atom. The molecule has 0 aliphatic carbocycles. The summed E-state index contributed by atoms with van der Waals surface area (Å²) in [5.41, 5.74) is 0.154. The lowest BCUT2D eigenvalue weighted by Gasteiger charge is -2.06. The van der Waals surface area contributed by atoms with E-state index in [4.69, 9.17) is 16.3 Å². The summed E-state index contributed by atoms with van der Waals surface area (Å²) in [5, 5.41) is -0.0906. The Balaban J connectivity index is 3.24. The monoisotopic (exact) mass is 280 g/mol. The molecule has 1 aromatic carbocycles. The van der Waals surface area contributed by atoms with Gasteiger partial charge in [0.2, 0.25) is 0 Å². The first kappa shape index (κ1) is 11.5. The highest BCUT2D eigenvalue weighted by molar-refractivity contribution is 9.09. The van der Waals surface area contributed by atoms with Gasteiger partial charge in [0.25, 0.3) is 0 Å². The maximum Gasteiger partial charge on any atom is 0.184 e. The molecule has 0 unspecified atom stereocenters. The Kier molecular flexibility index (Phi) is 3.89. The van der Waals surface area contributed by atoms with E-state index in [-0.39, 0.29) is 27.4 Å². The van der Waals surface area contributed by atoms with Gasteiger partial charge in [0.05, 0.1) is 17.5 Å². The zero-order valence-electron chi connectivity index (χ0n) is 7.31. The first-order chi connectivity index (χ1) is 6.61. The van der Waals surface area contributed by atoms with Crippen LogP contribution >= 0.6 is 27.5 Å². The molecule has 0 aliphatic heterocycles. The van der Waals surface area contributed by atoms with Crippen LogP contribution < -0.4 is 4.74 Å². The van der Waals surface area contributed by atoms with Crippen molar-refractivity contribution in [3.8, 4) is 5.75 Å². The predicted octanol–water partition coefficient (Wildman–Crippen LogP) is 3.07. The zero-order valence-corrected chi connectivity index (χ0v) is 9.65. The Morgan fingerprint density at radius 1 is 1.64 bits per heavy atom. The average Bonchev–Trinajstić information content (AvgIpc) is 2.21. The van der Waals surface area contributed by atoms with Crippen LogP contribution in [0.1, 0.15) is 10.4 Å². The molecule has 1 rings (SSSR count). The van der Waals surface area contributed by atoms with E-state index >= 15 is 0 Å². The smallest absolute Gasteiger partial charge is 0.184 e. The molecule has 5 heteroatoms. The van der Waals surface area contributed by atoms with Crippen LogP contribution in [0.5, 0.6) is 5.75 Å². The van der Waals surface area contributed by atoms with Gasteiger partial charge in [0.1, 0.15) is 0 Å². The van der Waals surface area contributed by atoms with Crippen LogP contribution in [0.15, 0.2) is 12.1 Å². The highest BCUT2D eigenvalue weighted by Crippen LogP contribution is 2.28. The van der Waals surface area contributed by atoms with Gasteiger partial charge in [-0.15, -0.1) is 0 Å². The van der Waals surface area contributed by atoms with Crippen LogP contribution in [-0.2, 0) is 0 Å². The predicted molar refractivity (Wildman–Crippen MR) is 56.1 cm³/mol. The molecule has 14 heavy (non-hydrogen) atoms. The second-order valence-electron chi connectivity index (χ2n) is 2.50. The number of carbonyl (C=O) groups is 1. The fourth-order valence-electron chi connectivity index (χ4n) is 0.977. The van der Waals surface area contributed by atoms with E-state index in [1.807, 2.05) is 0 Å². The van der Waals surface area contributed by atoms with Crippen molar-refractivity contribution >= 4 is 33.3 Å². The van der Waals surface area contributed by atoms with Gasteiger partial charge < -0.3 is 4.74 Å². The third-order valence-corrected chi connectivity index (χ3v) is 2.57. The van der Waals surface area contributed by atoms with Gasteiger partial charge in [-0.2, -0.15) is 0 Å². The van der Waals surface area contributed by atoms with E-state index in [9.17, 15) is 9.18 Å². The quantitative estimate of drug-likeness (QED) is 0.629. The number of benzene rings is 1. The number of hydrogen-bond donors (Lipinski definition) is 0. The molecule has 1 aromatic rings. The van der Waals surface area contributed by atoms with Crippen molar-refractivity contribution in [1.82, 2.24) is 0 Å². The summed E-state index contributed by atoms with van der Waals surface area (Å²) in [4.78, 5) is 11.2. The van der Waals surface area contributed by atoms with Crippen molar-refractivity contribution in [1.29, 1.82) is 0 Å². The van der Waals surface area contributed by atoms with Gasteiger partial charge in [-0.1, -0.05) is 27.5 Å². The molecular weight excluding hydrogens is 274 g/mol. The summed E-state index contributed by atoms with van der Waals surface area (Å²) in [5.74, 6) is -0.946. The molecule has 0 aromatic heterocycles. The molecule has 0 saturated heterocycles. The lowest BCUT2D eigenvalue weighted by Crippen LogP contribution is -2.03. The van der Waals surface area contributed by atoms with Crippen LogP contribution in [-0.4, -0.2) is 18.2 Å². The number of methoxy groups -OCH3 is 1. The Morgan fingerprint density at radius 2 is 2.29 bits per heavy atom. The molecule has 0 spiro atoms. The van der Waals surface area contributed by atoms with Gasteiger partial charge >= 0.3 is 0 Å². The van der Waals surface area contributed by atoms with Crippen molar-refractivity contribution < 1.29 is 13.9 Å². The van der Waals surface area contributed by atoms with E-state index in [2.05, 4.69) is 15.9 Å². The maximum atomic E-state index is 13.3. The summed E-state index contributed by atoms with van der Waals surface area (Å²) in [6.45, 7) is 0. The van der Waals surface area contributed by atoms with Gasteiger partial charge in [-0.05, 0) is 12.1 Å². The van der Waals surface area contributed by atoms with Crippen LogP contribution in [0.25, 0.3) is 0 Å². The van der Waals surface area contributed by atoms with E-state index in [1.165, 1.54) is 19.2 Å². The number of hydrogen-bond acceptors (Lipinski definition) is 2. The van der Waals surface area contributed by atoms with Gasteiger partial charge in [0, 0.05) is 5.56 Å². The molecule has 2 nitrogen and oxygen atoms in total. The summed E-state index contributed by atoms with van der Waals surface area (Å²) in [7, 11) is 1.33. The standard InChI is InChI=1S/C9H7BrClFO2/c1-14-7-3-2-5(6(13)4-10)8(11)9(7)12/h2-3H,4H2,1H3. The summed E-state index contributed by atoms with van der Waals surface area (Å²) in [6.07, 6.45) is 0. The Hall–Kier alpha value is -0.610. The molecular formula is C9H7BrClFO2. The first-order valence-electron chi connectivity index (χ1n) is 3.73. The molecule has 0 aliphatic rings. The number of Topliss-reactive ketones (excluding diaryl/α,β-unsaturated/α-hetero) is 1. The van der Waals surface area contributed by atoms with E-state index in [0.29, 0.717) is 0 Å². The topological polar surface area (TPSA) is 26.3 Å². The second kappa shape index (κ2) is 4.75. The third kappa shape index (κ3) is 2.07. The summed E-state index contributed by atoms with van der Waals surface area (Å²) < 4.78 is 18.0. The molecule has 0 atom stereocenters. The third-order valence-electron chi connectivity index (χ3n) is 1.69. The number of ether oxygens (including phenoxy) is 1. The average molecular weight is 282 g/mol. The Bertz CT molecular complexity index is 368. The van der Waals surface area contributed by atoms with Crippen LogP contribution in [0, 0.1) is 5.82 Å². The largest absolute Gasteiger partial charge is 0.494 e. The molecule has 0 bridgehead atoms. The number of alkyl halides is 1. The molecule has 0 saturated carbocycles. The molecule has 0 fully saturated rings. The lowest BCUT2D eigenvalue weighted by atomic mass is 10.1.